The van der Waals surface area contributed by atoms with Crippen LogP contribution in [0.3, 0.4) is 0 Å². The highest BCUT2D eigenvalue weighted by molar-refractivity contribution is 9.10. The van der Waals surface area contributed by atoms with E-state index in [-0.39, 0.29) is 29.2 Å². The van der Waals surface area contributed by atoms with Gasteiger partial charge in [0.1, 0.15) is 0 Å². The third-order valence-electron chi connectivity index (χ3n) is 6.64. The summed E-state index contributed by atoms with van der Waals surface area (Å²) in [7, 11) is 0. The van der Waals surface area contributed by atoms with Crippen molar-refractivity contribution in [3.8, 4) is 0 Å². The summed E-state index contributed by atoms with van der Waals surface area (Å²) in [6.07, 6.45) is 2.35. The minimum atomic E-state index is -0.703. The molecule has 0 radical (unpaired) electrons. The van der Waals surface area contributed by atoms with Gasteiger partial charge < -0.3 is 10.1 Å². The van der Waals surface area contributed by atoms with E-state index in [0.29, 0.717) is 30.1 Å². The second-order valence-corrected chi connectivity index (χ2v) is 10.1. The molecule has 3 atom stereocenters. The summed E-state index contributed by atoms with van der Waals surface area (Å²) in [5.74, 6) is -1.73. The van der Waals surface area contributed by atoms with E-state index in [4.69, 9.17) is 4.74 Å². The molecule has 2 aromatic carbocycles. The zero-order valence-electron chi connectivity index (χ0n) is 19.4. The molecule has 34 heavy (non-hydrogen) atoms. The monoisotopic (exact) mass is 526 g/mol. The molecule has 3 amide bonds. The molecule has 7 nitrogen and oxygen atoms in total. The number of hydrogen-bond donors (Lipinski definition) is 1. The van der Waals surface area contributed by atoms with E-state index in [1.54, 1.807) is 12.1 Å². The third kappa shape index (κ3) is 4.78. The molecule has 0 bridgehead atoms. The fourth-order valence-corrected chi connectivity index (χ4v) is 5.19. The van der Waals surface area contributed by atoms with E-state index >= 15 is 0 Å². The van der Waals surface area contributed by atoms with Gasteiger partial charge in [0.25, 0.3) is 5.91 Å². The topological polar surface area (TPSA) is 92.8 Å². The Morgan fingerprint density at radius 1 is 1.06 bits per heavy atom. The van der Waals surface area contributed by atoms with Crippen molar-refractivity contribution in [1.82, 2.24) is 0 Å². The van der Waals surface area contributed by atoms with Crippen LogP contribution in [-0.4, -0.2) is 30.3 Å². The van der Waals surface area contributed by atoms with Gasteiger partial charge in [-0.05, 0) is 80.5 Å². The van der Waals surface area contributed by atoms with Gasteiger partial charge in [-0.2, -0.15) is 0 Å². The zero-order chi connectivity index (χ0) is 24.6. The largest absolute Gasteiger partial charge is 0.452 e. The van der Waals surface area contributed by atoms with E-state index < -0.39 is 18.5 Å². The zero-order valence-corrected chi connectivity index (χ0v) is 21.0. The van der Waals surface area contributed by atoms with Crippen LogP contribution >= 0.6 is 15.9 Å². The number of fused-ring (bicyclic) bond motifs is 1. The molecule has 4 rings (SSSR count). The number of rotatable bonds is 5. The Bertz CT molecular complexity index is 1180. The Balaban J connectivity index is 1.41. The van der Waals surface area contributed by atoms with E-state index in [2.05, 4.69) is 28.2 Å². The van der Waals surface area contributed by atoms with Gasteiger partial charge in [-0.15, -0.1) is 0 Å². The Labute approximate surface area is 207 Å². The van der Waals surface area contributed by atoms with Crippen molar-refractivity contribution in [1.29, 1.82) is 0 Å². The van der Waals surface area contributed by atoms with Crippen LogP contribution in [0, 0.1) is 31.6 Å². The number of benzene rings is 2. The van der Waals surface area contributed by atoms with Crippen LogP contribution in [0.1, 0.15) is 47.7 Å². The molecular formula is C26H27BrN2O5. The Morgan fingerprint density at radius 3 is 2.56 bits per heavy atom. The summed E-state index contributed by atoms with van der Waals surface area (Å²) in [6, 6.07) is 9.99. The molecule has 2 fully saturated rings. The number of nitrogens with one attached hydrogen (secondary N) is 1. The lowest BCUT2D eigenvalue weighted by molar-refractivity contribution is -0.122. The van der Waals surface area contributed by atoms with Crippen LogP contribution in [0.25, 0.3) is 0 Å². The molecule has 1 N–H and O–H groups in total. The average Bonchev–Trinajstić information content (AvgIpc) is 3.05. The first-order valence-corrected chi connectivity index (χ1v) is 12.2. The molecular weight excluding hydrogens is 500 g/mol. The van der Waals surface area contributed by atoms with Crippen molar-refractivity contribution in [3.63, 3.8) is 0 Å². The van der Waals surface area contributed by atoms with Gasteiger partial charge in [-0.25, -0.2) is 4.79 Å². The van der Waals surface area contributed by atoms with E-state index in [1.165, 1.54) is 17.0 Å². The van der Waals surface area contributed by atoms with Crippen molar-refractivity contribution < 1.29 is 23.9 Å². The molecule has 1 heterocycles. The molecule has 0 aromatic heterocycles. The van der Waals surface area contributed by atoms with Crippen molar-refractivity contribution in [2.45, 2.75) is 40.0 Å². The summed E-state index contributed by atoms with van der Waals surface area (Å²) in [4.78, 5) is 52.0. The summed E-state index contributed by atoms with van der Waals surface area (Å²) in [5, 5.41) is 2.75. The van der Waals surface area contributed by atoms with Crippen molar-refractivity contribution >= 4 is 51.0 Å². The molecule has 178 valence electrons. The van der Waals surface area contributed by atoms with Gasteiger partial charge in [0.05, 0.1) is 23.1 Å². The molecule has 0 spiro atoms. The van der Waals surface area contributed by atoms with Crippen LogP contribution in [-0.2, 0) is 19.1 Å². The highest BCUT2D eigenvalue weighted by Crippen LogP contribution is 2.42. The van der Waals surface area contributed by atoms with E-state index in [0.717, 1.165) is 22.0 Å². The number of imide groups is 1. The molecule has 0 unspecified atom stereocenters. The summed E-state index contributed by atoms with van der Waals surface area (Å²) >= 11 is 3.45. The van der Waals surface area contributed by atoms with Gasteiger partial charge in [0.15, 0.2) is 6.61 Å². The molecule has 1 saturated carbocycles. The van der Waals surface area contributed by atoms with Gasteiger partial charge in [-0.3, -0.25) is 19.3 Å². The predicted octanol–water partition coefficient (Wildman–Crippen LogP) is 4.79. The second kappa shape index (κ2) is 9.70. The summed E-state index contributed by atoms with van der Waals surface area (Å²) in [5.41, 5.74) is 3.02. The Morgan fingerprint density at radius 2 is 1.79 bits per heavy atom. The predicted molar refractivity (Wildman–Crippen MR) is 131 cm³/mol. The number of aryl methyl sites for hydroxylation is 2. The fourth-order valence-electron chi connectivity index (χ4n) is 4.73. The minimum Gasteiger partial charge on any atom is -0.452 e. The molecule has 1 aliphatic heterocycles. The van der Waals surface area contributed by atoms with Crippen molar-refractivity contribution in [2.75, 3.05) is 16.8 Å². The van der Waals surface area contributed by atoms with Crippen molar-refractivity contribution in [3.05, 3.63) is 57.6 Å². The molecule has 1 saturated heterocycles. The summed E-state index contributed by atoms with van der Waals surface area (Å²) in [6.45, 7) is 5.43. The first-order chi connectivity index (χ1) is 16.2. The first-order valence-electron chi connectivity index (χ1n) is 11.4. The number of halogens is 1. The number of anilines is 2. The fraction of sp³-hybridized carbons (Fsp3) is 0.385. The van der Waals surface area contributed by atoms with Crippen molar-refractivity contribution in [2.24, 2.45) is 17.8 Å². The van der Waals surface area contributed by atoms with Crippen LogP contribution in [0.4, 0.5) is 11.4 Å². The van der Waals surface area contributed by atoms with E-state index in [1.807, 2.05) is 26.0 Å². The number of carbonyl (C=O) groups is 4. The molecule has 8 heteroatoms. The normalized spacial score (nSPS) is 21.9. The van der Waals surface area contributed by atoms with Crippen LogP contribution in [0.5, 0.6) is 0 Å². The third-order valence-corrected chi connectivity index (χ3v) is 7.50. The molecule has 2 aromatic rings. The van der Waals surface area contributed by atoms with Crippen LogP contribution in [0.2, 0.25) is 0 Å². The standard InChI is InChI=1S/C26H27BrN2O5/c1-14-7-8-19-20(9-14)25(32)29(24(19)31)18-6-4-5-17(12-18)26(33)34-13-23(30)28-22-11-15(2)21(27)10-16(22)3/h4-6,10-12,14,19-20H,7-9,13H2,1-3H3,(H,28,30)/t14-,19-,20+/m1/s1. The number of esters is 1. The van der Waals surface area contributed by atoms with Gasteiger partial charge in [-0.1, -0.05) is 28.9 Å². The lowest BCUT2D eigenvalue weighted by Crippen LogP contribution is -2.31. The number of carbonyl (C=O) groups excluding carboxylic acids is 4. The first kappa shape index (κ1) is 24.1. The SMILES string of the molecule is Cc1cc(NC(=O)COC(=O)c2cccc(N3C(=O)[C@H]4C[C@H](C)CC[C@H]4C3=O)c2)c(C)cc1Br. The smallest absolute Gasteiger partial charge is 0.338 e. The second-order valence-electron chi connectivity index (χ2n) is 9.23. The van der Waals surface area contributed by atoms with Crippen LogP contribution in [0.15, 0.2) is 40.9 Å². The highest BCUT2D eigenvalue weighted by Gasteiger charge is 2.50. The highest BCUT2D eigenvalue weighted by atomic mass is 79.9. The van der Waals surface area contributed by atoms with Gasteiger partial charge in [0.2, 0.25) is 11.8 Å². The van der Waals surface area contributed by atoms with Gasteiger partial charge in [0, 0.05) is 10.2 Å². The molecule has 2 aliphatic rings. The Kier molecular flexibility index (Phi) is 6.89. The maximum Gasteiger partial charge on any atom is 0.338 e. The number of hydrogen-bond acceptors (Lipinski definition) is 5. The lowest BCUT2D eigenvalue weighted by Gasteiger charge is -2.25. The maximum atomic E-state index is 13.0. The van der Waals surface area contributed by atoms with Gasteiger partial charge >= 0.3 is 5.97 Å². The molecule has 1 aliphatic carbocycles. The lowest BCUT2D eigenvalue weighted by atomic mass is 9.76. The number of amides is 3. The van der Waals surface area contributed by atoms with Crippen LogP contribution < -0.4 is 10.2 Å². The number of nitrogens with zero attached hydrogens (tertiary/aromatic N) is 1. The number of ether oxygens (including phenoxy) is 1. The Hall–Kier alpha value is -3.00. The maximum absolute atomic E-state index is 13.0. The quantitative estimate of drug-likeness (QED) is 0.446. The summed E-state index contributed by atoms with van der Waals surface area (Å²) < 4.78 is 6.13. The minimum absolute atomic E-state index is 0.171. The van der Waals surface area contributed by atoms with E-state index in [9.17, 15) is 19.2 Å². The average molecular weight is 527 g/mol.